The first-order valence-corrected chi connectivity index (χ1v) is 8.60. The Labute approximate surface area is 125 Å². The van der Waals surface area contributed by atoms with Crippen molar-refractivity contribution >= 4 is 28.3 Å². The molecule has 1 nitrogen and oxygen atoms in total. The zero-order valence-electron chi connectivity index (χ0n) is 11.8. The SMILES string of the molecule is C=CC1C(=N)C(C)C(C)C(CC)CC2CC1C2I. The third-order valence-electron chi connectivity index (χ3n) is 5.66. The normalized spacial score (nSPS) is 48.7. The summed E-state index contributed by atoms with van der Waals surface area (Å²) < 4.78 is 0.762. The van der Waals surface area contributed by atoms with Gasteiger partial charge in [-0.2, -0.15) is 0 Å². The van der Waals surface area contributed by atoms with Gasteiger partial charge in [-0.1, -0.05) is 55.9 Å². The summed E-state index contributed by atoms with van der Waals surface area (Å²) in [6.45, 7) is 10.9. The van der Waals surface area contributed by atoms with Crippen LogP contribution >= 0.6 is 22.6 Å². The van der Waals surface area contributed by atoms with Crippen molar-refractivity contribution in [2.75, 3.05) is 0 Å². The Morgan fingerprint density at radius 2 is 2.06 bits per heavy atom. The van der Waals surface area contributed by atoms with Crippen LogP contribution in [0, 0.1) is 40.9 Å². The van der Waals surface area contributed by atoms with E-state index >= 15 is 0 Å². The first-order chi connectivity index (χ1) is 8.51. The predicted molar refractivity (Wildman–Crippen MR) is 87.5 cm³/mol. The first kappa shape index (κ1) is 14.5. The van der Waals surface area contributed by atoms with Crippen LogP contribution in [-0.2, 0) is 0 Å². The molecule has 0 aliphatic heterocycles. The minimum absolute atomic E-state index is 0.330. The van der Waals surface area contributed by atoms with Crippen molar-refractivity contribution in [2.45, 2.75) is 44.0 Å². The number of allylic oxidation sites excluding steroid dienone is 1. The van der Waals surface area contributed by atoms with Crippen LogP contribution in [0.2, 0.25) is 0 Å². The van der Waals surface area contributed by atoms with Gasteiger partial charge in [0.2, 0.25) is 0 Å². The monoisotopic (exact) mass is 359 g/mol. The van der Waals surface area contributed by atoms with Gasteiger partial charge in [0, 0.05) is 15.6 Å². The number of alkyl halides is 1. The molecule has 102 valence electrons. The minimum atomic E-state index is 0.330. The molecule has 7 unspecified atom stereocenters. The van der Waals surface area contributed by atoms with Crippen molar-refractivity contribution in [3.8, 4) is 0 Å². The van der Waals surface area contributed by atoms with Crippen LogP contribution in [-0.4, -0.2) is 9.64 Å². The first-order valence-electron chi connectivity index (χ1n) is 7.36. The Kier molecular flexibility index (Phi) is 4.56. The molecule has 0 spiro atoms. The second-order valence-corrected chi connectivity index (χ2v) is 7.81. The van der Waals surface area contributed by atoms with Crippen molar-refractivity contribution in [1.29, 1.82) is 5.41 Å². The Hall–Kier alpha value is 0.140. The van der Waals surface area contributed by atoms with Crippen LogP contribution in [0.5, 0.6) is 0 Å². The van der Waals surface area contributed by atoms with Crippen molar-refractivity contribution < 1.29 is 0 Å². The maximum atomic E-state index is 8.55. The highest BCUT2D eigenvalue weighted by atomic mass is 127. The van der Waals surface area contributed by atoms with Gasteiger partial charge in [-0.25, -0.2) is 0 Å². The van der Waals surface area contributed by atoms with Crippen LogP contribution < -0.4 is 0 Å². The maximum absolute atomic E-state index is 8.55. The molecule has 7 atom stereocenters. The lowest BCUT2D eigenvalue weighted by atomic mass is 9.65. The third-order valence-corrected chi connectivity index (χ3v) is 7.60. The van der Waals surface area contributed by atoms with Gasteiger partial charge in [-0.05, 0) is 42.4 Å². The quantitative estimate of drug-likeness (QED) is 0.410. The van der Waals surface area contributed by atoms with Gasteiger partial charge < -0.3 is 5.41 Å². The number of halogens is 1. The molecule has 1 N–H and O–H groups in total. The molecular formula is C16H26IN. The second-order valence-electron chi connectivity index (χ2n) is 6.37. The maximum Gasteiger partial charge on any atom is 0.0192 e. The summed E-state index contributed by atoms with van der Waals surface area (Å²) in [6.07, 6.45) is 6.01. The molecule has 3 aliphatic carbocycles. The topological polar surface area (TPSA) is 23.9 Å². The van der Waals surface area contributed by atoms with Crippen LogP contribution in [0.4, 0.5) is 0 Å². The average molecular weight is 359 g/mol. The summed E-state index contributed by atoms with van der Waals surface area (Å²) in [4.78, 5) is 0. The van der Waals surface area contributed by atoms with Crippen LogP contribution in [0.3, 0.4) is 0 Å². The van der Waals surface area contributed by atoms with Crippen molar-refractivity contribution in [3.05, 3.63) is 12.7 Å². The molecule has 0 heterocycles. The summed E-state index contributed by atoms with van der Waals surface area (Å²) in [5.74, 6) is 3.77. The highest BCUT2D eigenvalue weighted by Gasteiger charge is 2.47. The van der Waals surface area contributed by atoms with E-state index in [1.54, 1.807) is 0 Å². The van der Waals surface area contributed by atoms with Gasteiger partial charge in [0.05, 0.1) is 0 Å². The van der Waals surface area contributed by atoms with Gasteiger partial charge in [-0.3, -0.25) is 0 Å². The Morgan fingerprint density at radius 1 is 1.39 bits per heavy atom. The van der Waals surface area contributed by atoms with E-state index in [1.165, 1.54) is 19.3 Å². The molecule has 3 fully saturated rings. The molecule has 0 aromatic heterocycles. The lowest BCUT2D eigenvalue weighted by molar-refractivity contribution is 0.152. The molecule has 3 saturated carbocycles. The highest BCUT2D eigenvalue weighted by Crippen LogP contribution is 2.51. The summed E-state index contributed by atoms with van der Waals surface area (Å²) in [5.41, 5.74) is 0.947. The van der Waals surface area contributed by atoms with E-state index in [-0.39, 0.29) is 0 Å². The number of hydrogen-bond donors (Lipinski definition) is 1. The molecule has 2 heteroatoms. The highest BCUT2D eigenvalue weighted by molar-refractivity contribution is 14.1. The molecular weight excluding hydrogens is 333 g/mol. The fraction of sp³-hybridized carbons (Fsp3) is 0.812. The number of nitrogens with one attached hydrogen (secondary N) is 1. The third kappa shape index (κ3) is 2.30. The average Bonchev–Trinajstić information content (AvgIpc) is 2.43. The standard InChI is InChI=1S/C16H26IN/c1-5-11-7-12-8-14(15(12)17)13(6-2)16(18)10(4)9(11)3/h6,9-15,18H,2,5,7-8H2,1,3-4H3. The Morgan fingerprint density at radius 3 is 2.56 bits per heavy atom. The smallest absolute Gasteiger partial charge is 0.0192 e. The summed E-state index contributed by atoms with van der Waals surface area (Å²) in [5, 5.41) is 8.55. The van der Waals surface area contributed by atoms with Gasteiger partial charge in [0.1, 0.15) is 0 Å². The Balaban J connectivity index is 2.29. The van der Waals surface area contributed by atoms with Gasteiger partial charge in [-0.15, -0.1) is 6.58 Å². The van der Waals surface area contributed by atoms with Crippen LogP contribution in [0.25, 0.3) is 0 Å². The molecule has 3 aliphatic rings. The van der Waals surface area contributed by atoms with Crippen LogP contribution in [0.1, 0.15) is 40.0 Å². The fourth-order valence-corrected chi connectivity index (χ4v) is 5.33. The number of hydrogen-bond acceptors (Lipinski definition) is 1. The van der Waals surface area contributed by atoms with E-state index in [1.807, 2.05) is 6.08 Å². The molecule has 0 aromatic carbocycles. The molecule has 0 aromatic rings. The zero-order chi connectivity index (χ0) is 13.4. The van der Waals surface area contributed by atoms with E-state index < -0.39 is 0 Å². The van der Waals surface area contributed by atoms with E-state index in [0.717, 1.165) is 21.5 Å². The fourth-order valence-electron chi connectivity index (χ4n) is 4.00. The predicted octanol–water partition coefficient (Wildman–Crippen LogP) is 4.95. The molecule has 18 heavy (non-hydrogen) atoms. The molecule has 0 amide bonds. The summed E-state index contributed by atoms with van der Waals surface area (Å²) >= 11 is 2.64. The second kappa shape index (κ2) is 5.64. The van der Waals surface area contributed by atoms with Crippen molar-refractivity contribution in [3.63, 3.8) is 0 Å². The van der Waals surface area contributed by atoms with E-state index in [0.29, 0.717) is 23.7 Å². The van der Waals surface area contributed by atoms with Crippen molar-refractivity contribution in [2.24, 2.45) is 35.5 Å². The molecule has 0 radical (unpaired) electrons. The summed E-state index contributed by atoms with van der Waals surface area (Å²) in [6, 6.07) is 0. The summed E-state index contributed by atoms with van der Waals surface area (Å²) in [7, 11) is 0. The molecule has 3 rings (SSSR count). The molecule has 2 bridgehead atoms. The van der Waals surface area contributed by atoms with Gasteiger partial charge in [0.25, 0.3) is 0 Å². The molecule has 0 saturated heterocycles. The van der Waals surface area contributed by atoms with Crippen LogP contribution in [0.15, 0.2) is 12.7 Å². The number of rotatable bonds is 2. The zero-order valence-corrected chi connectivity index (χ0v) is 14.0. The Bertz CT molecular complexity index is 338. The van der Waals surface area contributed by atoms with Gasteiger partial charge >= 0.3 is 0 Å². The lowest BCUT2D eigenvalue weighted by Crippen LogP contribution is -2.43. The van der Waals surface area contributed by atoms with Gasteiger partial charge in [0.15, 0.2) is 0 Å². The largest absolute Gasteiger partial charge is 0.309 e. The minimum Gasteiger partial charge on any atom is -0.309 e. The van der Waals surface area contributed by atoms with E-state index in [4.69, 9.17) is 5.41 Å². The van der Waals surface area contributed by atoms with E-state index in [2.05, 4.69) is 49.9 Å². The lowest BCUT2D eigenvalue weighted by Gasteiger charge is -2.45. The van der Waals surface area contributed by atoms with Crippen molar-refractivity contribution in [1.82, 2.24) is 0 Å². The number of fused-ring (bicyclic) bond motifs is 5. The van der Waals surface area contributed by atoms with E-state index in [9.17, 15) is 0 Å².